The van der Waals surface area contributed by atoms with Crippen molar-refractivity contribution < 1.29 is 0 Å². The van der Waals surface area contributed by atoms with Crippen molar-refractivity contribution in [2.24, 2.45) is 0 Å². The molecule has 1 unspecified atom stereocenters. The molecule has 0 amide bonds. The van der Waals surface area contributed by atoms with Crippen LogP contribution in [-0.2, 0) is 0 Å². The number of nitrogens with zero attached hydrogens (tertiary/aromatic N) is 2. The smallest absolute Gasteiger partial charge is 0.0638 e. The second kappa shape index (κ2) is 11.6. The summed E-state index contributed by atoms with van der Waals surface area (Å²) in [5, 5.41) is 8.84. The minimum Gasteiger partial charge on any atom is -0.296 e. The highest BCUT2D eigenvalue weighted by Gasteiger charge is 2.20. The van der Waals surface area contributed by atoms with Gasteiger partial charge in [0.1, 0.15) is 0 Å². The van der Waals surface area contributed by atoms with E-state index in [1.807, 2.05) is 0 Å². The Morgan fingerprint density at radius 3 is 2.74 bits per heavy atom. The molecule has 2 nitrogen and oxygen atoms in total. The van der Waals surface area contributed by atoms with Crippen molar-refractivity contribution in [3.8, 4) is 18.9 Å². The Bertz CT molecular complexity index is 344. The number of allylic oxidation sites excluding steroid dienone is 3. The zero-order chi connectivity index (χ0) is 14.5. The van der Waals surface area contributed by atoms with E-state index in [4.69, 9.17) is 5.26 Å². The van der Waals surface area contributed by atoms with Gasteiger partial charge in [0.15, 0.2) is 0 Å². The topological polar surface area (TPSA) is 27.0 Å². The predicted octanol–water partition coefficient (Wildman–Crippen LogP) is 3.92. The van der Waals surface area contributed by atoms with E-state index >= 15 is 0 Å². The molecule has 0 spiro atoms. The molecular formula is C17H26N2. The quantitative estimate of drug-likeness (QED) is 0.552. The first-order valence-corrected chi connectivity index (χ1v) is 7.07. The lowest BCUT2D eigenvalue weighted by Gasteiger charge is -2.33. The number of likely N-dealkylation sites (tertiary alicyclic amines) is 1. The molecule has 1 saturated heterocycles. The van der Waals surface area contributed by atoms with Crippen molar-refractivity contribution in [1.82, 2.24) is 4.90 Å². The second-order valence-corrected chi connectivity index (χ2v) is 4.64. The van der Waals surface area contributed by atoms with Crippen LogP contribution in [0.2, 0.25) is 0 Å². The van der Waals surface area contributed by atoms with E-state index in [0.717, 1.165) is 19.5 Å². The van der Waals surface area contributed by atoms with Gasteiger partial charge in [-0.15, -0.1) is 12.8 Å². The van der Waals surface area contributed by atoms with Crippen LogP contribution in [0.3, 0.4) is 0 Å². The summed E-state index contributed by atoms with van der Waals surface area (Å²) in [4.78, 5) is 2.46. The number of hydrogen-bond acceptors (Lipinski definition) is 2. The summed E-state index contributed by atoms with van der Waals surface area (Å²) in [6.45, 7) is 6.40. The molecule has 0 aromatic rings. The lowest BCUT2D eigenvalue weighted by molar-refractivity contribution is 0.167. The number of rotatable bonds is 5. The molecule has 1 aliphatic heterocycles. The highest BCUT2D eigenvalue weighted by molar-refractivity contribution is 5.18. The van der Waals surface area contributed by atoms with E-state index in [2.05, 4.69) is 55.9 Å². The van der Waals surface area contributed by atoms with Gasteiger partial charge < -0.3 is 0 Å². The Morgan fingerprint density at radius 1 is 1.42 bits per heavy atom. The minimum atomic E-state index is 0.480. The fourth-order valence-electron chi connectivity index (χ4n) is 2.42. The molecule has 19 heavy (non-hydrogen) atoms. The average molecular weight is 258 g/mol. The molecule has 0 N–H and O–H groups in total. The maximum Gasteiger partial charge on any atom is 0.0638 e. The molecule has 1 heterocycles. The van der Waals surface area contributed by atoms with E-state index in [-0.39, 0.29) is 0 Å². The van der Waals surface area contributed by atoms with Gasteiger partial charge >= 0.3 is 0 Å². The minimum absolute atomic E-state index is 0.480. The first-order valence-electron chi connectivity index (χ1n) is 7.07. The molecule has 0 saturated carbocycles. The molecule has 0 bridgehead atoms. The zero-order valence-electron chi connectivity index (χ0n) is 12.3. The van der Waals surface area contributed by atoms with Gasteiger partial charge in [-0.2, -0.15) is 5.26 Å². The summed E-state index contributed by atoms with van der Waals surface area (Å²) in [7, 11) is 0. The maximum absolute atomic E-state index is 8.84. The SMILES string of the molecule is C#C.C/C=C\C(=C/CN1CCCCC1CC#N)CC. The van der Waals surface area contributed by atoms with Crippen LogP contribution >= 0.6 is 0 Å². The van der Waals surface area contributed by atoms with Crippen LogP contribution in [0.25, 0.3) is 0 Å². The van der Waals surface area contributed by atoms with Crippen LogP contribution in [0.15, 0.2) is 23.8 Å². The number of hydrogen-bond donors (Lipinski definition) is 0. The largest absolute Gasteiger partial charge is 0.296 e. The third kappa shape index (κ3) is 6.85. The van der Waals surface area contributed by atoms with Crippen molar-refractivity contribution >= 4 is 0 Å². The summed E-state index contributed by atoms with van der Waals surface area (Å²) in [5.41, 5.74) is 1.40. The van der Waals surface area contributed by atoms with Crippen molar-refractivity contribution in [3.05, 3.63) is 23.8 Å². The molecule has 0 aliphatic carbocycles. The number of piperidine rings is 1. The lowest BCUT2D eigenvalue weighted by atomic mass is 9.99. The van der Waals surface area contributed by atoms with Crippen LogP contribution in [0, 0.1) is 24.2 Å². The van der Waals surface area contributed by atoms with E-state index in [0.29, 0.717) is 12.5 Å². The van der Waals surface area contributed by atoms with Gasteiger partial charge in [0.05, 0.1) is 12.5 Å². The summed E-state index contributed by atoms with van der Waals surface area (Å²) >= 11 is 0. The van der Waals surface area contributed by atoms with Crippen molar-refractivity contribution in [3.63, 3.8) is 0 Å². The third-order valence-electron chi connectivity index (χ3n) is 3.45. The Labute approximate surface area is 118 Å². The first kappa shape index (κ1) is 17.5. The molecular weight excluding hydrogens is 232 g/mol. The Morgan fingerprint density at radius 2 is 2.16 bits per heavy atom. The van der Waals surface area contributed by atoms with Crippen LogP contribution in [-0.4, -0.2) is 24.0 Å². The number of nitriles is 1. The van der Waals surface area contributed by atoms with E-state index < -0.39 is 0 Å². The molecule has 1 rings (SSSR count). The van der Waals surface area contributed by atoms with Gasteiger partial charge in [-0.1, -0.05) is 37.1 Å². The Balaban J connectivity index is 0.00000154. The third-order valence-corrected chi connectivity index (χ3v) is 3.45. The standard InChI is InChI=1S/C15H24N2.C2H2/c1-3-7-14(4-2)10-13-17-12-6-5-8-15(17)9-11-16;1-2/h3,7,10,15H,4-6,8-9,12-13H2,1-2H3;1-2H/b7-3-,14-10-;. The maximum atomic E-state index is 8.84. The number of terminal acetylenes is 1. The van der Waals surface area contributed by atoms with Gasteiger partial charge in [0.2, 0.25) is 0 Å². The van der Waals surface area contributed by atoms with Crippen molar-refractivity contribution in [2.45, 2.75) is 52.0 Å². The second-order valence-electron chi connectivity index (χ2n) is 4.64. The molecule has 104 valence electrons. The summed E-state index contributed by atoms with van der Waals surface area (Å²) in [6, 6.07) is 2.80. The fourth-order valence-corrected chi connectivity index (χ4v) is 2.42. The van der Waals surface area contributed by atoms with Gasteiger partial charge in [0.25, 0.3) is 0 Å². The predicted molar refractivity (Wildman–Crippen MR) is 82.5 cm³/mol. The van der Waals surface area contributed by atoms with Crippen molar-refractivity contribution in [1.29, 1.82) is 5.26 Å². The fraction of sp³-hybridized carbons (Fsp3) is 0.588. The van der Waals surface area contributed by atoms with Gasteiger partial charge in [-0.05, 0) is 32.7 Å². The lowest BCUT2D eigenvalue weighted by Crippen LogP contribution is -2.39. The van der Waals surface area contributed by atoms with Gasteiger partial charge in [0, 0.05) is 12.6 Å². The van der Waals surface area contributed by atoms with Crippen LogP contribution in [0.4, 0.5) is 0 Å². The monoisotopic (exact) mass is 258 g/mol. The molecule has 1 atom stereocenters. The highest BCUT2D eigenvalue weighted by Crippen LogP contribution is 2.19. The van der Waals surface area contributed by atoms with Crippen molar-refractivity contribution in [2.75, 3.05) is 13.1 Å². The molecule has 1 aliphatic rings. The van der Waals surface area contributed by atoms with E-state index in [9.17, 15) is 0 Å². The van der Waals surface area contributed by atoms with Gasteiger partial charge in [-0.25, -0.2) is 0 Å². The highest BCUT2D eigenvalue weighted by atomic mass is 15.2. The van der Waals surface area contributed by atoms with E-state index in [1.165, 1.54) is 24.8 Å². The normalized spacial score (nSPS) is 20.6. The summed E-state index contributed by atoms with van der Waals surface area (Å²) < 4.78 is 0. The Kier molecular flexibility index (Phi) is 10.7. The van der Waals surface area contributed by atoms with Crippen LogP contribution in [0.5, 0.6) is 0 Å². The molecule has 2 heteroatoms. The molecule has 1 fully saturated rings. The van der Waals surface area contributed by atoms with Crippen LogP contribution < -0.4 is 0 Å². The zero-order valence-corrected chi connectivity index (χ0v) is 12.3. The Hall–Kier alpha value is -1.51. The van der Waals surface area contributed by atoms with E-state index in [1.54, 1.807) is 0 Å². The first-order chi connectivity index (χ1) is 9.31. The van der Waals surface area contributed by atoms with Gasteiger partial charge in [-0.3, -0.25) is 4.90 Å². The average Bonchev–Trinajstić information content (AvgIpc) is 2.47. The molecule has 0 radical (unpaired) electrons. The molecule has 0 aromatic carbocycles. The van der Waals surface area contributed by atoms with Crippen LogP contribution in [0.1, 0.15) is 46.0 Å². The molecule has 0 aromatic heterocycles. The summed E-state index contributed by atoms with van der Waals surface area (Å²) in [5.74, 6) is 0. The summed E-state index contributed by atoms with van der Waals surface area (Å²) in [6.07, 6.45) is 20.1.